The molecule has 0 radical (unpaired) electrons. The van der Waals surface area contributed by atoms with E-state index in [2.05, 4.69) is 29.4 Å². The molecule has 3 nitrogen and oxygen atoms in total. The van der Waals surface area contributed by atoms with E-state index >= 15 is 0 Å². The van der Waals surface area contributed by atoms with Gasteiger partial charge in [-0.25, -0.2) is 0 Å². The van der Waals surface area contributed by atoms with Crippen LogP contribution in [0.15, 0.2) is 42.6 Å². The van der Waals surface area contributed by atoms with Crippen LogP contribution in [0.5, 0.6) is 0 Å². The Hall–Kier alpha value is -2.16. The van der Waals surface area contributed by atoms with Crippen LogP contribution in [0.3, 0.4) is 0 Å². The molecular weight excluding hydrogens is 272 g/mol. The number of hydrogen-bond acceptors (Lipinski definition) is 2. The number of pyridine rings is 1. The highest BCUT2D eigenvalue weighted by atomic mass is 16.2. The van der Waals surface area contributed by atoms with Crippen LogP contribution < -0.4 is 5.32 Å². The third-order valence-corrected chi connectivity index (χ3v) is 4.92. The lowest BCUT2D eigenvalue weighted by Gasteiger charge is -2.32. The van der Waals surface area contributed by atoms with E-state index in [-0.39, 0.29) is 11.3 Å². The van der Waals surface area contributed by atoms with E-state index in [0.29, 0.717) is 0 Å². The van der Waals surface area contributed by atoms with E-state index in [1.807, 2.05) is 31.2 Å². The number of anilines is 1. The molecule has 1 atom stereocenters. The molecule has 1 aliphatic rings. The van der Waals surface area contributed by atoms with E-state index in [0.717, 1.165) is 47.8 Å². The quantitative estimate of drug-likeness (QED) is 0.839. The van der Waals surface area contributed by atoms with Gasteiger partial charge in [0, 0.05) is 5.39 Å². The number of amides is 1. The predicted molar refractivity (Wildman–Crippen MR) is 90.8 cm³/mol. The average Bonchev–Trinajstić information content (AvgIpc) is 2.58. The molecule has 22 heavy (non-hydrogen) atoms. The van der Waals surface area contributed by atoms with Crippen molar-refractivity contribution in [3.8, 4) is 0 Å². The maximum absolute atomic E-state index is 12.8. The third-order valence-electron chi connectivity index (χ3n) is 4.92. The lowest BCUT2D eigenvalue weighted by molar-refractivity contribution is -0.126. The predicted octanol–water partition coefficient (Wildman–Crippen LogP) is 4.62. The van der Waals surface area contributed by atoms with Crippen LogP contribution in [0, 0.1) is 12.3 Å². The zero-order valence-electron chi connectivity index (χ0n) is 13.2. The van der Waals surface area contributed by atoms with Crippen molar-refractivity contribution < 1.29 is 4.79 Å². The van der Waals surface area contributed by atoms with Crippen LogP contribution >= 0.6 is 0 Å². The molecule has 3 rings (SSSR count). The van der Waals surface area contributed by atoms with Gasteiger partial charge in [0.2, 0.25) is 5.91 Å². The van der Waals surface area contributed by atoms with Crippen LogP contribution in [0.2, 0.25) is 0 Å². The maximum atomic E-state index is 12.8. The summed E-state index contributed by atoms with van der Waals surface area (Å²) in [6.07, 6.45) is 9.68. The standard InChI is InChI=1S/C19H22N2O/c1-3-19(11-7-4-8-12-19)18(22)21-17-13-20-16-10-6-5-9-15(16)14(17)2/h4-7,9-10,13H,3,8,11-12H2,1-2H3,(H,21,22). The topological polar surface area (TPSA) is 42.0 Å². The van der Waals surface area contributed by atoms with Crippen LogP contribution in [-0.2, 0) is 4.79 Å². The first-order chi connectivity index (χ1) is 10.7. The number of carbonyl (C=O) groups is 1. The molecular formula is C19H22N2O. The zero-order chi connectivity index (χ0) is 15.6. The number of hydrogen-bond donors (Lipinski definition) is 1. The number of aromatic nitrogens is 1. The summed E-state index contributed by atoms with van der Waals surface area (Å²) in [4.78, 5) is 17.3. The summed E-state index contributed by atoms with van der Waals surface area (Å²) >= 11 is 0. The molecule has 1 aliphatic carbocycles. The Bertz CT molecular complexity index is 735. The monoisotopic (exact) mass is 294 g/mol. The van der Waals surface area contributed by atoms with E-state index in [9.17, 15) is 4.79 Å². The summed E-state index contributed by atoms with van der Waals surface area (Å²) in [5.74, 6) is 0.125. The first kappa shape index (κ1) is 14.8. The Morgan fingerprint density at radius 2 is 2.14 bits per heavy atom. The van der Waals surface area contributed by atoms with Crippen molar-refractivity contribution in [3.05, 3.63) is 48.2 Å². The first-order valence-corrected chi connectivity index (χ1v) is 7.97. The molecule has 0 aliphatic heterocycles. The van der Waals surface area contributed by atoms with Crippen molar-refractivity contribution in [3.63, 3.8) is 0 Å². The van der Waals surface area contributed by atoms with Crippen molar-refractivity contribution in [1.82, 2.24) is 4.98 Å². The Kier molecular flexibility index (Phi) is 3.97. The largest absolute Gasteiger partial charge is 0.324 e. The maximum Gasteiger partial charge on any atom is 0.230 e. The van der Waals surface area contributed by atoms with Gasteiger partial charge in [-0.05, 0) is 44.2 Å². The fourth-order valence-corrected chi connectivity index (χ4v) is 3.24. The molecule has 1 aromatic carbocycles. The second kappa shape index (κ2) is 5.91. The van der Waals surface area contributed by atoms with Crippen LogP contribution in [0.25, 0.3) is 10.9 Å². The van der Waals surface area contributed by atoms with Crippen LogP contribution in [-0.4, -0.2) is 10.9 Å². The minimum atomic E-state index is -0.271. The molecule has 1 N–H and O–H groups in total. The molecule has 1 heterocycles. The van der Waals surface area contributed by atoms with Gasteiger partial charge in [-0.1, -0.05) is 37.3 Å². The summed E-state index contributed by atoms with van der Waals surface area (Å²) in [7, 11) is 0. The van der Waals surface area contributed by atoms with Gasteiger partial charge in [0.1, 0.15) is 0 Å². The van der Waals surface area contributed by atoms with Gasteiger partial charge in [-0.3, -0.25) is 9.78 Å². The number of nitrogens with zero attached hydrogens (tertiary/aromatic N) is 1. The highest BCUT2D eigenvalue weighted by molar-refractivity contribution is 5.98. The van der Waals surface area contributed by atoms with Gasteiger partial charge in [-0.15, -0.1) is 0 Å². The number of benzene rings is 1. The molecule has 0 spiro atoms. The Labute approximate surface area is 131 Å². The fourth-order valence-electron chi connectivity index (χ4n) is 3.24. The van der Waals surface area contributed by atoms with Gasteiger partial charge < -0.3 is 5.32 Å². The molecule has 114 valence electrons. The fraction of sp³-hybridized carbons (Fsp3) is 0.368. The van der Waals surface area contributed by atoms with Crippen molar-refractivity contribution >= 4 is 22.5 Å². The van der Waals surface area contributed by atoms with E-state index in [1.165, 1.54) is 0 Å². The Morgan fingerprint density at radius 3 is 2.86 bits per heavy atom. The summed E-state index contributed by atoms with van der Waals surface area (Å²) < 4.78 is 0. The van der Waals surface area contributed by atoms with Crippen molar-refractivity contribution in [1.29, 1.82) is 0 Å². The third kappa shape index (κ3) is 2.52. The molecule has 3 heteroatoms. The molecule has 2 aromatic rings. The first-order valence-electron chi connectivity index (χ1n) is 7.97. The molecule has 0 saturated carbocycles. The average molecular weight is 294 g/mol. The summed E-state index contributed by atoms with van der Waals surface area (Å²) in [5.41, 5.74) is 2.60. The Balaban J connectivity index is 1.91. The highest BCUT2D eigenvalue weighted by Gasteiger charge is 2.36. The molecule has 1 amide bonds. The number of rotatable bonds is 3. The van der Waals surface area contributed by atoms with Crippen LogP contribution in [0.1, 0.15) is 38.2 Å². The zero-order valence-corrected chi connectivity index (χ0v) is 13.2. The van der Waals surface area contributed by atoms with Gasteiger partial charge in [0.05, 0.1) is 22.8 Å². The SMILES string of the molecule is CCC1(C(=O)Nc2cnc3ccccc3c2C)CC=CCC1. The summed E-state index contributed by atoms with van der Waals surface area (Å²) in [5, 5.41) is 4.22. The number of nitrogens with one attached hydrogen (secondary N) is 1. The second-order valence-electron chi connectivity index (χ2n) is 6.12. The van der Waals surface area contributed by atoms with Gasteiger partial charge >= 0.3 is 0 Å². The lowest BCUT2D eigenvalue weighted by atomic mass is 9.74. The minimum absolute atomic E-state index is 0.125. The van der Waals surface area contributed by atoms with Crippen molar-refractivity contribution in [2.24, 2.45) is 5.41 Å². The van der Waals surface area contributed by atoms with E-state index < -0.39 is 0 Å². The van der Waals surface area contributed by atoms with Gasteiger partial charge in [0.25, 0.3) is 0 Å². The number of aryl methyl sites for hydroxylation is 1. The van der Waals surface area contributed by atoms with Gasteiger partial charge in [-0.2, -0.15) is 0 Å². The summed E-state index contributed by atoms with van der Waals surface area (Å²) in [6.45, 7) is 4.14. The second-order valence-corrected chi connectivity index (χ2v) is 6.12. The normalized spacial score (nSPS) is 21.0. The number of carbonyl (C=O) groups excluding carboxylic acids is 1. The Morgan fingerprint density at radius 1 is 1.32 bits per heavy atom. The minimum Gasteiger partial charge on any atom is -0.324 e. The number of allylic oxidation sites excluding steroid dienone is 2. The molecule has 0 fully saturated rings. The number of para-hydroxylation sites is 1. The molecule has 0 bridgehead atoms. The van der Waals surface area contributed by atoms with Gasteiger partial charge in [0.15, 0.2) is 0 Å². The molecule has 1 unspecified atom stereocenters. The lowest BCUT2D eigenvalue weighted by Crippen LogP contribution is -2.36. The van der Waals surface area contributed by atoms with Crippen LogP contribution in [0.4, 0.5) is 5.69 Å². The highest BCUT2D eigenvalue weighted by Crippen LogP contribution is 2.37. The molecule has 1 aromatic heterocycles. The van der Waals surface area contributed by atoms with E-state index in [4.69, 9.17) is 0 Å². The van der Waals surface area contributed by atoms with E-state index in [1.54, 1.807) is 6.20 Å². The number of fused-ring (bicyclic) bond motifs is 1. The molecule has 0 saturated heterocycles. The smallest absolute Gasteiger partial charge is 0.230 e. The summed E-state index contributed by atoms with van der Waals surface area (Å²) in [6, 6.07) is 8.02. The van der Waals surface area contributed by atoms with Crippen molar-refractivity contribution in [2.75, 3.05) is 5.32 Å². The van der Waals surface area contributed by atoms with Crippen molar-refractivity contribution in [2.45, 2.75) is 39.5 Å².